The molecule has 0 saturated carbocycles. The average Bonchev–Trinajstić information content (AvgIpc) is 3.56. The van der Waals surface area contributed by atoms with Gasteiger partial charge in [-0.15, -0.1) is 0 Å². The molecule has 42 heavy (non-hydrogen) atoms. The third kappa shape index (κ3) is 7.46. The van der Waals surface area contributed by atoms with Gasteiger partial charge in [0.1, 0.15) is 12.9 Å². The van der Waals surface area contributed by atoms with E-state index in [-0.39, 0.29) is 31.3 Å². The van der Waals surface area contributed by atoms with Crippen LogP contribution in [0.15, 0.2) is 96.9 Å². The van der Waals surface area contributed by atoms with Crippen LogP contribution in [0.25, 0.3) is 11.1 Å². The minimum absolute atomic E-state index is 0.00695. The Morgan fingerprint density at radius 1 is 1.07 bits per heavy atom. The number of ether oxygens (including phenoxy) is 3. The Hall–Kier alpha value is -3.96. The largest absolute Gasteiger partial charge is 0.445 e. The molecule has 2 heterocycles. The molecule has 10 heteroatoms. The molecule has 1 amide bonds. The van der Waals surface area contributed by atoms with Crippen molar-refractivity contribution in [3.05, 3.63) is 114 Å². The van der Waals surface area contributed by atoms with Gasteiger partial charge in [-0.2, -0.15) is 5.10 Å². The Morgan fingerprint density at radius 3 is 2.60 bits per heavy atom. The normalized spacial score (nSPS) is 20.1. The van der Waals surface area contributed by atoms with Gasteiger partial charge in [0.15, 0.2) is 11.4 Å². The second-order valence-electron chi connectivity index (χ2n) is 9.99. The van der Waals surface area contributed by atoms with Crippen LogP contribution >= 0.6 is 11.8 Å². The average molecular weight is 587 g/mol. The summed E-state index contributed by atoms with van der Waals surface area (Å²) in [6.07, 6.45) is 1.61. The number of nitrogens with zero attached hydrogens (tertiary/aromatic N) is 2. The zero-order valence-electron chi connectivity index (χ0n) is 23.3. The fourth-order valence-electron chi connectivity index (χ4n) is 4.82. The lowest BCUT2D eigenvalue weighted by molar-refractivity contribution is -0.268. The standard InChI is InChI=1S/C32H34N4O5S/c1-3-14-39-32(38)33-17-23-6-4-7-25(15-23)26-8-5-9-27(16-26)30-40-28(19-42-31-34-20-35-36-31)21(2)29(41-30)24-12-10-22(18-37)11-13-24/h3-13,15-16,20-21,28-30,37H,1,14,17-19H2,2H3,(H,33,38)(H,34,35,36)/t21-,28+,29+,30+/m0/s1. The van der Waals surface area contributed by atoms with E-state index in [4.69, 9.17) is 14.2 Å². The van der Waals surface area contributed by atoms with Crippen LogP contribution < -0.4 is 5.32 Å². The molecule has 5 rings (SSSR count). The van der Waals surface area contributed by atoms with E-state index in [0.717, 1.165) is 38.5 Å². The number of nitrogens with one attached hydrogen (secondary N) is 2. The predicted molar refractivity (Wildman–Crippen MR) is 160 cm³/mol. The molecule has 4 atom stereocenters. The van der Waals surface area contributed by atoms with Crippen molar-refractivity contribution in [1.82, 2.24) is 20.5 Å². The summed E-state index contributed by atoms with van der Waals surface area (Å²) in [7, 11) is 0. The summed E-state index contributed by atoms with van der Waals surface area (Å²) in [5.41, 5.74) is 5.75. The quantitative estimate of drug-likeness (QED) is 0.146. The Balaban J connectivity index is 1.36. The number of hydrogen-bond donors (Lipinski definition) is 3. The number of carbonyl (C=O) groups excluding carboxylic acids is 1. The molecule has 9 nitrogen and oxygen atoms in total. The van der Waals surface area contributed by atoms with Gasteiger partial charge in [-0.1, -0.05) is 92.0 Å². The Labute approximate surface area is 249 Å². The molecule has 1 aromatic heterocycles. The smallest absolute Gasteiger partial charge is 0.407 e. The van der Waals surface area contributed by atoms with Crippen molar-refractivity contribution >= 4 is 17.9 Å². The molecule has 3 aromatic carbocycles. The monoisotopic (exact) mass is 586 g/mol. The molecule has 0 aliphatic carbocycles. The summed E-state index contributed by atoms with van der Waals surface area (Å²) >= 11 is 1.56. The van der Waals surface area contributed by atoms with Gasteiger partial charge in [-0.05, 0) is 39.9 Å². The van der Waals surface area contributed by atoms with Gasteiger partial charge in [0, 0.05) is 23.8 Å². The van der Waals surface area contributed by atoms with Crippen LogP contribution in [0.3, 0.4) is 0 Å². The highest BCUT2D eigenvalue weighted by atomic mass is 32.2. The first kappa shape index (κ1) is 29.5. The van der Waals surface area contributed by atoms with Gasteiger partial charge < -0.3 is 24.6 Å². The predicted octanol–water partition coefficient (Wildman–Crippen LogP) is 5.96. The SMILES string of the molecule is C=CCOC(=O)NCc1cccc(-c2cccc([C@@H]3O[C@H](CSc4ncn[nH]4)[C@H](C)[C@H](c4ccc(CO)cc4)O3)c2)c1. The molecule has 0 unspecified atom stereocenters. The van der Waals surface area contributed by atoms with Gasteiger partial charge >= 0.3 is 6.09 Å². The maximum absolute atomic E-state index is 11.8. The molecule has 0 bridgehead atoms. The first-order chi connectivity index (χ1) is 20.5. The number of rotatable bonds is 11. The number of benzene rings is 3. The van der Waals surface area contributed by atoms with E-state index >= 15 is 0 Å². The summed E-state index contributed by atoms with van der Waals surface area (Å²) in [5, 5.41) is 19.9. The number of aromatic amines is 1. The first-order valence-corrected chi connectivity index (χ1v) is 14.7. The molecular formula is C32H34N4O5S. The fourth-order valence-corrected chi connectivity index (χ4v) is 5.76. The van der Waals surface area contributed by atoms with Gasteiger partial charge in [-0.3, -0.25) is 5.10 Å². The van der Waals surface area contributed by atoms with Crippen LogP contribution in [0, 0.1) is 5.92 Å². The number of alkyl carbamates (subject to hydrolysis) is 1. The summed E-state index contributed by atoms with van der Waals surface area (Å²) in [6, 6.07) is 24.0. The van der Waals surface area contributed by atoms with Crippen LogP contribution in [0.4, 0.5) is 4.79 Å². The molecule has 218 valence electrons. The van der Waals surface area contributed by atoms with Gasteiger partial charge in [0.05, 0.1) is 18.8 Å². The van der Waals surface area contributed by atoms with Crippen LogP contribution in [0.5, 0.6) is 0 Å². The van der Waals surface area contributed by atoms with E-state index in [0.29, 0.717) is 12.3 Å². The highest BCUT2D eigenvalue weighted by Crippen LogP contribution is 2.43. The van der Waals surface area contributed by atoms with Crippen LogP contribution in [-0.4, -0.2) is 44.8 Å². The van der Waals surface area contributed by atoms with Crippen molar-refractivity contribution in [3.8, 4) is 11.1 Å². The highest BCUT2D eigenvalue weighted by molar-refractivity contribution is 7.99. The minimum Gasteiger partial charge on any atom is -0.445 e. The Bertz CT molecular complexity index is 1460. The third-order valence-corrected chi connectivity index (χ3v) is 8.05. The number of amides is 1. The summed E-state index contributed by atoms with van der Waals surface area (Å²) in [6.45, 7) is 6.19. The minimum atomic E-state index is -0.589. The zero-order valence-corrected chi connectivity index (χ0v) is 24.1. The number of thioether (sulfide) groups is 1. The molecule has 1 saturated heterocycles. The second kappa shape index (κ2) is 14.3. The number of aromatic nitrogens is 3. The molecule has 0 spiro atoms. The van der Waals surface area contributed by atoms with Gasteiger partial charge in [0.2, 0.25) is 0 Å². The molecule has 0 radical (unpaired) electrons. The van der Waals surface area contributed by atoms with E-state index < -0.39 is 12.4 Å². The Kier molecular flexibility index (Phi) is 10.0. The molecule has 1 fully saturated rings. The lowest BCUT2D eigenvalue weighted by Crippen LogP contribution is -2.38. The van der Waals surface area contributed by atoms with Crippen molar-refractivity contribution in [1.29, 1.82) is 0 Å². The molecule has 1 aliphatic rings. The van der Waals surface area contributed by atoms with Crippen LogP contribution in [0.2, 0.25) is 0 Å². The van der Waals surface area contributed by atoms with Gasteiger partial charge in [-0.25, -0.2) is 9.78 Å². The first-order valence-electron chi connectivity index (χ1n) is 13.7. The topological polar surface area (TPSA) is 119 Å². The van der Waals surface area contributed by atoms with Crippen molar-refractivity contribution in [2.75, 3.05) is 12.4 Å². The van der Waals surface area contributed by atoms with Crippen LogP contribution in [0.1, 0.15) is 41.6 Å². The van der Waals surface area contributed by atoms with Crippen LogP contribution in [-0.2, 0) is 27.4 Å². The maximum atomic E-state index is 11.8. The second-order valence-corrected chi connectivity index (χ2v) is 11.0. The number of carbonyl (C=O) groups is 1. The van der Waals surface area contributed by atoms with E-state index in [1.165, 1.54) is 12.4 Å². The summed E-state index contributed by atoms with van der Waals surface area (Å²) in [5.74, 6) is 0.730. The van der Waals surface area contributed by atoms with Crippen molar-refractivity contribution in [2.45, 2.75) is 43.7 Å². The van der Waals surface area contributed by atoms with E-state index in [1.54, 1.807) is 11.8 Å². The lowest BCUT2D eigenvalue weighted by Gasteiger charge is -2.41. The lowest BCUT2D eigenvalue weighted by atomic mass is 9.91. The fraction of sp³-hybridized carbons (Fsp3) is 0.281. The summed E-state index contributed by atoms with van der Waals surface area (Å²) < 4.78 is 18.2. The number of H-pyrrole nitrogens is 1. The maximum Gasteiger partial charge on any atom is 0.407 e. The van der Waals surface area contributed by atoms with Crippen molar-refractivity contribution in [3.63, 3.8) is 0 Å². The molecule has 3 N–H and O–H groups in total. The molecule has 4 aromatic rings. The molecule has 1 aliphatic heterocycles. The highest BCUT2D eigenvalue weighted by Gasteiger charge is 2.38. The van der Waals surface area contributed by atoms with Crippen molar-refractivity contribution in [2.24, 2.45) is 5.92 Å². The Morgan fingerprint density at radius 2 is 1.86 bits per heavy atom. The van der Waals surface area contributed by atoms with Crippen molar-refractivity contribution < 1.29 is 24.1 Å². The van der Waals surface area contributed by atoms with Gasteiger partial charge in [0.25, 0.3) is 0 Å². The third-order valence-electron chi connectivity index (χ3n) is 7.09. The number of hydrogen-bond acceptors (Lipinski definition) is 8. The van der Waals surface area contributed by atoms with E-state index in [2.05, 4.69) is 40.1 Å². The molecular weight excluding hydrogens is 552 g/mol. The number of aliphatic hydroxyl groups is 1. The van der Waals surface area contributed by atoms with E-state index in [1.807, 2.05) is 66.7 Å². The number of aliphatic hydroxyl groups excluding tert-OH is 1. The summed E-state index contributed by atoms with van der Waals surface area (Å²) in [4.78, 5) is 16.1. The zero-order chi connectivity index (χ0) is 29.3. The van der Waals surface area contributed by atoms with E-state index in [9.17, 15) is 9.90 Å².